The van der Waals surface area contributed by atoms with E-state index in [0.717, 1.165) is 18.6 Å². The minimum absolute atomic E-state index is 0.812. The second-order valence-electron chi connectivity index (χ2n) is 2.79. The van der Waals surface area contributed by atoms with Gasteiger partial charge in [-0.3, -0.25) is 0 Å². The third kappa shape index (κ3) is 0.975. The first kappa shape index (κ1) is 6.32. The van der Waals surface area contributed by atoms with Crippen LogP contribution in [0.1, 0.15) is 11.1 Å². The molecule has 0 saturated heterocycles. The van der Waals surface area contributed by atoms with E-state index in [1.165, 1.54) is 11.1 Å². The minimum Gasteiger partial charge on any atom is -0.362 e. The van der Waals surface area contributed by atoms with Gasteiger partial charge in [0, 0.05) is 0 Å². The lowest BCUT2D eigenvalue weighted by atomic mass is 10.1. The molecule has 54 valence electrons. The summed E-state index contributed by atoms with van der Waals surface area (Å²) in [6.07, 6.45) is 1.62. The van der Waals surface area contributed by atoms with Gasteiger partial charge in [-0.25, -0.2) is 0 Å². The maximum Gasteiger partial charge on any atom is 0.277 e. The lowest BCUT2D eigenvalue weighted by Crippen LogP contribution is -1.96. The quantitative estimate of drug-likeness (QED) is 0.390. The molecule has 2 heteroatoms. The number of hydrogen-bond donors (Lipinski definition) is 0. The number of fused-ring (bicyclic) bond motifs is 1. The molecule has 1 aromatic carbocycles. The molecule has 0 radical (unpaired) electrons. The molecule has 0 unspecified atom stereocenters. The van der Waals surface area contributed by atoms with Gasteiger partial charge in [-0.1, -0.05) is 24.3 Å². The Balaban J connectivity index is 2.48. The molecule has 2 nitrogen and oxygen atoms in total. The van der Waals surface area contributed by atoms with E-state index < -0.39 is 0 Å². The van der Waals surface area contributed by atoms with Gasteiger partial charge in [0.05, 0.1) is 12.8 Å². The molecule has 1 aliphatic carbocycles. The van der Waals surface area contributed by atoms with Crippen LogP contribution in [0, 0.1) is 0 Å². The van der Waals surface area contributed by atoms with Crippen LogP contribution < -0.4 is 0 Å². The predicted octanol–water partition coefficient (Wildman–Crippen LogP) is 1.46. The molecule has 0 bridgehead atoms. The van der Waals surface area contributed by atoms with Crippen LogP contribution in [-0.4, -0.2) is 10.5 Å². The van der Waals surface area contributed by atoms with E-state index in [1.54, 1.807) is 0 Å². The maximum atomic E-state index is 8.53. The number of benzene rings is 1. The van der Waals surface area contributed by atoms with E-state index in [1.807, 2.05) is 12.1 Å². The Kier molecular flexibility index (Phi) is 1.34. The topological polar surface area (TPSA) is 36.4 Å². The summed E-state index contributed by atoms with van der Waals surface area (Å²) in [5.41, 5.74) is 12.0. The normalized spacial score (nSPS) is 14.4. The Morgan fingerprint density at radius 3 is 2.09 bits per heavy atom. The fraction of sp³-hybridized carbons (Fsp3) is 0.222. The van der Waals surface area contributed by atoms with Gasteiger partial charge in [-0.15, -0.1) is 0 Å². The highest BCUT2D eigenvalue weighted by Gasteiger charge is 2.21. The molecule has 0 atom stereocenters. The van der Waals surface area contributed by atoms with Crippen LogP contribution in [0.5, 0.6) is 0 Å². The Morgan fingerprint density at radius 1 is 1.09 bits per heavy atom. The smallest absolute Gasteiger partial charge is 0.277 e. The molecule has 0 spiro atoms. The SMILES string of the molecule is [N-]=[N+]=C1Cc2ccccc2C1. The Labute approximate surface area is 65.1 Å². The van der Waals surface area contributed by atoms with Gasteiger partial charge in [0.1, 0.15) is 0 Å². The zero-order valence-corrected chi connectivity index (χ0v) is 6.12. The Morgan fingerprint density at radius 2 is 1.64 bits per heavy atom. The van der Waals surface area contributed by atoms with E-state index >= 15 is 0 Å². The molecule has 0 heterocycles. The van der Waals surface area contributed by atoms with Crippen molar-refractivity contribution in [3.63, 3.8) is 0 Å². The van der Waals surface area contributed by atoms with E-state index in [2.05, 4.69) is 16.9 Å². The Hall–Kier alpha value is -1.40. The molecule has 2 rings (SSSR count). The molecular formula is C9H8N2. The monoisotopic (exact) mass is 144 g/mol. The zero-order valence-electron chi connectivity index (χ0n) is 6.12. The highest BCUT2D eigenvalue weighted by atomic mass is 14.9. The second kappa shape index (κ2) is 2.33. The van der Waals surface area contributed by atoms with Crippen molar-refractivity contribution in [1.29, 1.82) is 0 Å². The molecule has 11 heavy (non-hydrogen) atoms. The number of hydrogen-bond acceptors (Lipinski definition) is 0. The second-order valence-corrected chi connectivity index (χ2v) is 2.79. The Bertz CT molecular complexity index is 308. The molecule has 0 fully saturated rings. The average molecular weight is 144 g/mol. The summed E-state index contributed by atoms with van der Waals surface area (Å²) in [4.78, 5) is 3.22. The van der Waals surface area contributed by atoms with E-state index in [0.29, 0.717) is 0 Å². The standard InChI is InChI=1S/C9H8N2/c10-11-9-5-7-3-1-2-4-8(7)6-9/h1-4H,5-6H2. The van der Waals surface area contributed by atoms with Crippen LogP contribution >= 0.6 is 0 Å². The van der Waals surface area contributed by atoms with Crippen LogP contribution in [0.2, 0.25) is 0 Å². The third-order valence-electron chi connectivity index (χ3n) is 2.05. The van der Waals surface area contributed by atoms with Gasteiger partial charge in [-0.05, 0) is 11.1 Å². The van der Waals surface area contributed by atoms with Gasteiger partial charge >= 0.3 is 0 Å². The number of nitrogens with zero attached hydrogens (tertiary/aromatic N) is 2. The molecular weight excluding hydrogens is 136 g/mol. The van der Waals surface area contributed by atoms with Crippen LogP contribution in [0.15, 0.2) is 24.3 Å². The fourth-order valence-corrected chi connectivity index (χ4v) is 1.48. The van der Waals surface area contributed by atoms with Crippen molar-refractivity contribution in [3.05, 3.63) is 40.9 Å². The summed E-state index contributed by atoms with van der Waals surface area (Å²) in [6.45, 7) is 0. The van der Waals surface area contributed by atoms with Gasteiger partial charge < -0.3 is 5.53 Å². The number of rotatable bonds is 0. The van der Waals surface area contributed by atoms with E-state index in [-0.39, 0.29) is 0 Å². The van der Waals surface area contributed by atoms with Gasteiger partial charge in [0.15, 0.2) is 0 Å². The fourth-order valence-electron chi connectivity index (χ4n) is 1.48. The largest absolute Gasteiger partial charge is 0.362 e. The summed E-state index contributed by atoms with van der Waals surface area (Å²) in [5, 5.41) is 0. The van der Waals surface area contributed by atoms with Crippen molar-refractivity contribution in [1.82, 2.24) is 0 Å². The first-order valence-corrected chi connectivity index (χ1v) is 3.67. The zero-order chi connectivity index (χ0) is 7.68. The maximum absolute atomic E-state index is 8.53. The van der Waals surface area contributed by atoms with Gasteiger partial charge in [0.25, 0.3) is 5.71 Å². The van der Waals surface area contributed by atoms with Crippen molar-refractivity contribution in [2.45, 2.75) is 12.8 Å². The summed E-state index contributed by atoms with van der Waals surface area (Å²) in [7, 11) is 0. The highest BCUT2D eigenvalue weighted by Crippen LogP contribution is 2.17. The third-order valence-corrected chi connectivity index (χ3v) is 2.05. The lowest BCUT2D eigenvalue weighted by Gasteiger charge is -1.91. The lowest BCUT2D eigenvalue weighted by molar-refractivity contribution is -0.00888. The van der Waals surface area contributed by atoms with Gasteiger partial charge in [-0.2, -0.15) is 4.79 Å². The molecule has 0 N–H and O–H groups in total. The summed E-state index contributed by atoms with van der Waals surface area (Å²) in [5.74, 6) is 0. The summed E-state index contributed by atoms with van der Waals surface area (Å²) < 4.78 is 0. The summed E-state index contributed by atoms with van der Waals surface area (Å²) in [6, 6.07) is 8.18. The van der Waals surface area contributed by atoms with Crippen molar-refractivity contribution in [2.75, 3.05) is 0 Å². The molecule has 1 aromatic rings. The molecule has 0 aromatic heterocycles. The molecule has 0 aliphatic heterocycles. The first-order valence-electron chi connectivity index (χ1n) is 3.67. The van der Waals surface area contributed by atoms with Crippen LogP contribution in [-0.2, 0) is 12.8 Å². The van der Waals surface area contributed by atoms with Crippen molar-refractivity contribution in [3.8, 4) is 0 Å². The van der Waals surface area contributed by atoms with Crippen molar-refractivity contribution < 1.29 is 4.79 Å². The van der Waals surface area contributed by atoms with Crippen LogP contribution in [0.4, 0.5) is 0 Å². The van der Waals surface area contributed by atoms with Crippen molar-refractivity contribution in [2.24, 2.45) is 0 Å². The molecule has 0 saturated carbocycles. The highest BCUT2D eigenvalue weighted by molar-refractivity contribution is 5.88. The summed E-state index contributed by atoms with van der Waals surface area (Å²) >= 11 is 0. The predicted molar refractivity (Wildman–Crippen MR) is 42.5 cm³/mol. The van der Waals surface area contributed by atoms with Crippen LogP contribution in [0.3, 0.4) is 0 Å². The molecule has 0 amide bonds. The van der Waals surface area contributed by atoms with Crippen molar-refractivity contribution >= 4 is 5.71 Å². The average Bonchev–Trinajstić information content (AvgIpc) is 2.46. The molecule has 1 aliphatic rings. The van der Waals surface area contributed by atoms with Crippen LogP contribution in [0.25, 0.3) is 5.53 Å². The van der Waals surface area contributed by atoms with E-state index in [9.17, 15) is 0 Å². The van der Waals surface area contributed by atoms with E-state index in [4.69, 9.17) is 5.53 Å². The van der Waals surface area contributed by atoms with Gasteiger partial charge in [0.2, 0.25) is 0 Å². The minimum atomic E-state index is 0.812. The first-order chi connectivity index (χ1) is 5.40.